The van der Waals surface area contributed by atoms with Crippen molar-refractivity contribution in [2.75, 3.05) is 13.7 Å². The van der Waals surface area contributed by atoms with Crippen molar-refractivity contribution >= 4 is 17.7 Å². The van der Waals surface area contributed by atoms with E-state index in [2.05, 4.69) is 0 Å². The van der Waals surface area contributed by atoms with Gasteiger partial charge in [-0.15, -0.1) is 0 Å². The Balaban J connectivity index is 1.68. The zero-order chi connectivity index (χ0) is 21.5. The minimum atomic E-state index is -0.705. The summed E-state index contributed by atoms with van der Waals surface area (Å²) in [6, 6.07) is 24.6. The number of ketones is 1. The molecule has 3 rings (SSSR count). The van der Waals surface area contributed by atoms with E-state index in [4.69, 9.17) is 4.74 Å². The lowest BCUT2D eigenvalue weighted by atomic mass is 9.98. The van der Waals surface area contributed by atoms with Gasteiger partial charge in [-0.2, -0.15) is 0 Å². The van der Waals surface area contributed by atoms with Crippen LogP contribution in [0.25, 0.3) is 0 Å². The summed E-state index contributed by atoms with van der Waals surface area (Å²) in [5.74, 6) is -1.31. The second-order valence-electron chi connectivity index (χ2n) is 6.91. The van der Waals surface area contributed by atoms with Crippen LogP contribution in [0.15, 0.2) is 84.9 Å². The number of carbonyl (C=O) groups is 3. The van der Waals surface area contributed by atoms with Crippen molar-refractivity contribution in [3.05, 3.63) is 107 Å². The Morgan fingerprint density at radius 1 is 0.800 bits per heavy atom. The molecule has 3 aromatic carbocycles. The van der Waals surface area contributed by atoms with Crippen molar-refractivity contribution < 1.29 is 19.1 Å². The third kappa shape index (κ3) is 4.81. The number of carbonyl (C=O) groups excluding carboxylic acids is 3. The highest BCUT2D eigenvalue weighted by molar-refractivity contribution is 6.14. The van der Waals surface area contributed by atoms with Crippen molar-refractivity contribution in [1.82, 2.24) is 4.90 Å². The van der Waals surface area contributed by atoms with E-state index in [1.54, 1.807) is 49.5 Å². The zero-order valence-corrected chi connectivity index (χ0v) is 16.9. The third-order valence-electron chi connectivity index (χ3n) is 5.01. The Morgan fingerprint density at radius 3 is 1.97 bits per heavy atom. The number of nitrogens with zero attached hydrogens (tertiary/aromatic N) is 1. The van der Waals surface area contributed by atoms with E-state index in [0.717, 1.165) is 5.56 Å². The molecule has 0 N–H and O–H groups in total. The summed E-state index contributed by atoms with van der Waals surface area (Å²) in [6.07, 6.45) is 0. The molecular formula is C25H23NO4. The van der Waals surface area contributed by atoms with Gasteiger partial charge in [-0.05, 0) is 18.6 Å². The first-order valence-electron chi connectivity index (χ1n) is 9.65. The standard InChI is InChI=1S/C25H23NO4/c1-18(19-11-5-3-6-12-19)26(2)23(27)17-30-25(29)22-16-10-9-15-21(22)24(28)20-13-7-4-8-14-20/h3-16,18H,17H2,1-2H3/t18-/m0/s1. The van der Waals surface area contributed by atoms with E-state index in [0.29, 0.717) is 5.56 Å². The van der Waals surface area contributed by atoms with Gasteiger partial charge in [-0.1, -0.05) is 78.9 Å². The molecule has 152 valence electrons. The van der Waals surface area contributed by atoms with Crippen molar-refractivity contribution in [3.8, 4) is 0 Å². The molecule has 0 aliphatic heterocycles. The molecule has 0 saturated carbocycles. The van der Waals surface area contributed by atoms with Gasteiger partial charge in [0, 0.05) is 18.2 Å². The van der Waals surface area contributed by atoms with Gasteiger partial charge >= 0.3 is 5.97 Å². The van der Waals surface area contributed by atoms with Crippen molar-refractivity contribution in [3.63, 3.8) is 0 Å². The number of esters is 1. The maximum Gasteiger partial charge on any atom is 0.339 e. The summed E-state index contributed by atoms with van der Waals surface area (Å²) < 4.78 is 5.24. The molecule has 0 aliphatic rings. The van der Waals surface area contributed by atoms with Crippen LogP contribution in [-0.2, 0) is 9.53 Å². The highest BCUT2D eigenvalue weighted by Gasteiger charge is 2.22. The predicted molar refractivity (Wildman–Crippen MR) is 114 cm³/mol. The lowest BCUT2D eigenvalue weighted by molar-refractivity contribution is -0.135. The van der Waals surface area contributed by atoms with E-state index in [-0.39, 0.29) is 28.9 Å². The van der Waals surface area contributed by atoms with Crippen LogP contribution >= 0.6 is 0 Å². The van der Waals surface area contributed by atoms with Gasteiger partial charge < -0.3 is 9.64 Å². The Morgan fingerprint density at radius 2 is 1.33 bits per heavy atom. The molecule has 0 saturated heterocycles. The minimum Gasteiger partial charge on any atom is -0.452 e. The molecule has 3 aromatic rings. The molecule has 0 aliphatic carbocycles. The van der Waals surface area contributed by atoms with Crippen LogP contribution < -0.4 is 0 Å². The second kappa shape index (κ2) is 9.65. The highest BCUT2D eigenvalue weighted by Crippen LogP contribution is 2.19. The fraction of sp³-hybridized carbons (Fsp3) is 0.160. The Labute approximate surface area is 175 Å². The first-order valence-corrected chi connectivity index (χ1v) is 9.65. The lowest BCUT2D eigenvalue weighted by Crippen LogP contribution is -2.33. The van der Waals surface area contributed by atoms with Gasteiger partial charge in [-0.25, -0.2) is 4.79 Å². The van der Waals surface area contributed by atoms with Crippen LogP contribution in [0, 0.1) is 0 Å². The number of amides is 1. The summed E-state index contributed by atoms with van der Waals surface area (Å²) >= 11 is 0. The Hall–Kier alpha value is -3.73. The number of benzene rings is 3. The summed E-state index contributed by atoms with van der Waals surface area (Å²) in [4.78, 5) is 39.5. The summed E-state index contributed by atoms with van der Waals surface area (Å²) in [6.45, 7) is 1.50. The molecule has 0 aromatic heterocycles. The van der Waals surface area contributed by atoms with Gasteiger partial charge in [0.05, 0.1) is 11.6 Å². The largest absolute Gasteiger partial charge is 0.452 e. The van der Waals surface area contributed by atoms with E-state index in [9.17, 15) is 14.4 Å². The molecule has 0 radical (unpaired) electrons. The fourth-order valence-corrected chi connectivity index (χ4v) is 3.08. The molecular weight excluding hydrogens is 378 g/mol. The van der Waals surface area contributed by atoms with E-state index < -0.39 is 12.6 Å². The highest BCUT2D eigenvalue weighted by atomic mass is 16.5. The predicted octanol–water partition coefficient (Wildman–Crippen LogP) is 4.29. The average molecular weight is 401 g/mol. The maximum atomic E-state index is 12.8. The number of hydrogen-bond acceptors (Lipinski definition) is 4. The van der Waals surface area contributed by atoms with Gasteiger partial charge in [0.2, 0.25) is 0 Å². The van der Waals surface area contributed by atoms with Crippen molar-refractivity contribution in [1.29, 1.82) is 0 Å². The molecule has 0 unspecified atom stereocenters. The molecule has 0 fully saturated rings. The molecule has 5 nitrogen and oxygen atoms in total. The van der Waals surface area contributed by atoms with E-state index in [1.165, 1.54) is 11.0 Å². The fourth-order valence-electron chi connectivity index (χ4n) is 3.08. The Bertz CT molecular complexity index is 1030. The number of hydrogen-bond donors (Lipinski definition) is 0. The number of likely N-dealkylation sites (N-methyl/N-ethyl adjacent to an activating group) is 1. The van der Waals surface area contributed by atoms with Crippen LogP contribution in [0.1, 0.15) is 44.8 Å². The van der Waals surface area contributed by atoms with Crippen LogP contribution in [-0.4, -0.2) is 36.2 Å². The SMILES string of the molecule is C[C@@H](c1ccccc1)N(C)C(=O)COC(=O)c1ccccc1C(=O)c1ccccc1. The van der Waals surface area contributed by atoms with Gasteiger partial charge in [0.25, 0.3) is 5.91 Å². The second-order valence-corrected chi connectivity index (χ2v) is 6.91. The number of rotatable bonds is 7. The quantitative estimate of drug-likeness (QED) is 0.438. The Kier molecular flexibility index (Phi) is 6.75. The number of ether oxygens (including phenoxy) is 1. The van der Waals surface area contributed by atoms with Crippen molar-refractivity contribution in [2.24, 2.45) is 0 Å². The van der Waals surface area contributed by atoms with Crippen LogP contribution in [0.4, 0.5) is 0 Å². The van der Waals surface area contributed by atoms with Gasteiger partial charge in [0.1, 0.15) is 0 Å². The topological polar surface area (TPSA) is 63.7 Å². The maximum absolute atomic E-state index is 12.8. The van der Waals surface area contributed by atoms with Gasteiger partial charge in [-0.3, -0.25) is 9.59 Å². The van der Waals surface area contributed by atoms with Crippen molar-refractivity contribution in [2.45, 2.75) is 13.0 Å². The summed E-state index contributed by atoms with van der Waals surface area (Å²) in [5.41, 5.74) is 1.84. The zero-order valence-electron chi connectivity index (χ0n) is 16.9. The summed E-state index contributed by atoms with van der Waals surface area (Å²) in [7, 11) is 1.67. The van der Waals surface area contributed by atoms with Crippen LogP contribution in [0.3, 0.4) is 0 Å². The van der Waals surface area contributed by atoms with Gasteiger partial charge in [0.15, 0.2) is 12.4 Å². The monoisotopic (exact) mass is 401 g/mol. The molecule has 0 bridgehead atoms. The molecule has 30 heavy (non-hydrogen) atoms. The lowest BCUT2D eigenvalue weighted by Gasteiger charge is -2.25. The van der Waals surface area contributed by atoms with Crippen LogP contribution in [0.5, 0.6) is 0 Å². The minimum absolute atomic E-state index is 0.137. The average Bonchev–Trinajstić information content (AvgIpc) is 2.82. The first-order chi connectivity index (χ1) is 14.5. The molecule has 5 heteroatoms. The third-order valence-corrected chi connectivity index (χ3v) is 5.01. The molecule has 0 spiro atoms. The van der Waals surface area contributed by atoms with E-state index in [1.807, 2.05) is 43.3 Å². The molecule has 1 atom stereocenters. The van der Waals surface area contributed by atoms with Crippen LogP contribution in [0.2, 0.25) is 0 Å². The van der Waals surface area contributed by atoms with E-state index >= 15 is 0 Å². The summed E-state index contributed by atoms with van der Waals surface area (Å²) in [5, 5.41) is 0. The smallest absolute Gasteiger partial charge is 0.339 e. The normalized spacial score (nSPS) is 11.4. The molecule has 0 heterocycles. The molecule has 1 amide bonds. The first kappa shape index (κ1) is 21.0.